The summed E-state index contributed by atoms with van der Waals surface area (Å²) < 4.78 is 13.6. The van der Waals surface area contributed by atoms with Crippen LogP contribution in [0.2, 0.25) is 0 Å². The number of anilines is 1. The van der Waals surface area contributed by atoms with Gasteiger partial charge < -0.3 is 10.2 Å². The summed E-state index contributed by atoms with van der Waals surface area (Å²) in [7, 11) is 1.96. The van der Waals surface area contributed by atoms with E-state index in [0.717, 1.165) is 13.1 Å². The molecule has 1 heterocycles. The molecular formula is C13H19FN2. The highest BCUT2D eigenvalue weighted by Gasteiger charge is 2.24. The van der Waals surface area contributed by atoms with Gasteiger partial charge in [-0.3, -0.25) is 0 Å². The fraction of sp³-hybridized carbons (Fsp3) is 0.538. The van der Waals surface area contributed by atoms with E-state index < -0.39 is 0 Å². The first-order chi connectivity index (χ1) is 7.68. The molecule has 16 heavy (non-hydrogen) atoms. The first-order valence-electron chi connectivity index (χ1n) is 5.87. The Labute approximate surface area is 96.5 Å². The summed E-state index contributed by atoms with van der Waals surface area (Å²) in [5.74, 6) is 0.480. The van der Waals surface area contributed by atoms with E-state index >= 15 is 0 Å². The summed E-state index contributed by atoms with van der Waals surface area (Å²) in [5.41, 5.74) is 0.696. The van der Waals surface area contributed by atoms with E-state index in [4.69, 9.17) is 0 Å². The van der Waals surface area contributed by atoms with Crippen molar-refractivity contribution in [2.75, 3.05) is 25.0 Å². The quantitative estimate of drug-likeness (QED) is 0.844. The van der Waals surface area contributed by atoms with Crippen LogP contribution in [0.3, 0.4) is 0 Å². The number of halogens is 1. The molecule has 2 nitrogen and oxygen atoms in total. The van der Waals surface area contributed by atoms with E-state index in [1.165, 1.54) is 12.5 Å². The van der Waals surface area contributed by atoms with E-state index in [1.54, 1.807) is 6.07 Å². The molecule has 1 aliphatic rings. The van der Waals surface area contributed by atoms with E-state index in [1.807, 2.05) is 24.1 Å². The average molecular weight is 222 g/mol. The summed E-state index contributed by atoms with van der Waals surface area (Å²) in [6.07, 6.45) is 1.18. The molecule has 1 aromatic carbocycles. The van der Waals surface area contributed by atoms with Crippen molar-refractivity contribution < 1.29 is 4.39 Å². The lowest BCUT2D eigenvalue weighted by atomic mass is 10.0. The summed E-state index contributed by atoms with van der Waals surface area (Å²) >= 11 is 0. The van der Waals surface area contributed by atoms with Gasteiger partial charge in [0.1, 0.15) is 5.82 Å². The third-order valence-electron chi connectivity index (χ3n) is 3.46. The van der Waals surface area contributed by atoms with Gasteiger partial charge in [-0.05, 0) is 37.9 Å². The molecule has 3 heteroatoms. The van der Waals surface area contributed by atoms with Crippen LogP contribution in [0.15, 0.2) is 24.3 Å². The zero-order valence-electron chi connectivity index (χ0n) is 9.91. The fourth-order valence-corrected chi connectivity index (χ4v) is 2.37. The van der Waals surface area contributed by atoms with Crippen LogP contribution in [-0.2, 0) is 0 Å². The molecule has 0 radical (unpaired) electrons. The van der Waals surface area contributed by atoms with Crippen molar-refractivity contribution in [3.63, 3.8) is 0 Å². The summed E-state index contributed by atoms with van der Waals surface area (Å²) in [4.78, 5) is 2.02. The number of hydrogen-bond acceptors (Lipinski definition) is 2. The van der Waals surface area contributed by atoms with E-state index in [0.29, 0.717) is 17.6 Å². The maximum absolute atomic E-state index is 13.6. The Kier molecular flexibility index (Phi) is 3.44. The van der Waals surface area contributed by atoms with Crippen LogP contribution >= 0.6 is 0 Å². The fourth-order valence-electron chi connectivity index (χ4n) is 2.37. The Morgan fingerprint density at radius 2 is 2.19 bits per heavy atom. The SMILES string of the molecule is CC1NCCC1CN(C)c1ccccc1F. The molecular weight excluding hydrogens is 203 g/mol. The first-order valence-corrected chi connectivity index (χ1v) is 5.87. The van der Waals surface area contributed by atoms with Gasteiger partial charge in [0, 0.05) is 19.6 Å². The number of nitrogens with zero attached hydrogens (tertiary/aromatic N) is 1. The third-order valence-corrected chi connectivity index (χ3v) is 3.46. The van der Waals surface area contributed by atoms with E-state index in [-0.39, 0.29) is 5.82 Å². The topological polar surface area (TPSA) is 15.3 Å². The lowest BCUT2D eigenvalue weighted by Gasteiger charge is -2.25. The second-order valence-electron chi connectivity index (χ2n) is 4.62. The van der Waals surface area contributed by atoms with Crippen molar-refractivity contribution in [3.8, 4) is 0 Å². The number of nitrogens with one attached hydrogen (secondary N) is 1. The molecule has 0 aromatic heterocycles. The van der Waals surface area contributed by atoms with E-state index in [9.17, 15) is 4.39 Å². The maximum atomic E-state index is 13.6. The Balaban J connectivity index is 2.03. The Bertz CT molecular complexity index is 354. The highest BCUT2D eigenvalue weighted by molar-refractivity contribution is 5.46. The van der Waals surface area contributed by atoms with Crippen molar-refractivity contribution in [3.05, 3.63) is 30.1 Å². The summed E-state index contributed by atoms with van der Waals surface area (Å²) in [6.45, 7) is 4.19. The molecule has 0 amide bonds. The zero-order chi connectivity index (χ0) is 11.5. The molecule has 0 bridgehead atoms. The molecule has 1 N–H and O–H groups in total. The Hall–Kier alpha value is -1.09. The van der Waals surface area contributed by atoms with Gasteiger partial charge in [-0.25, -0.2) is 4.39 Å². The molecule has 88 valence electrons. The second-order valence-corrected chi connectivity index (χ2v) is 4.62. The Morgan fingerprint density at radius 3 is 2.81 bits per heavy atom. The normalized spacial score (nSPS) is 24.7. The van der Waals surface area contributed by atoms with Crippen molar-refractivity contribution in [2.24, 2.45) is 5.92 Å². The third kappa shape index (κ3) is 2.35. The van der Waals surface area contributed by atoms with Gasteiger partial charge in [-0.1, -0.05) is 12.1 Å². The molecule has 0 saturated carbocycles. The van der Waals surface area contributed by atoms with Gasteiger partial charge in [-0.2, -0.15) is 0 Å². The first kappa shape index (κ1) is 11.4. The molecule has 0 spiro atoms. The highest BCUT2D eigenvalue weighted by Crippen LogP contribution is 2.22. The van der Waals surface area contributed by atoms with Gasteiger partial charge in [0.05, 0.1) is 5.69 Å². The monoisotopic (exact) mass is 222 g/mol. The maximum Gasteiger partial charge on any atom is 0.146 e. The van der Waals surface area contributed by atoms with Crippen molar-refractivity contribution in [2.45, 2.75) is 19.4 Å². The molecule has 1 fully saturated rings. The second kappa shape index (κ2) is 4.83. The van der Waals surface area contributed by atoms with Crippen LogP contribution in [-0.4, -0.2) is 26.2 Å². The van der Waals surface area contributed by atoms with Gasteiger partial charge in [0.25, 0.3) is 0 Å². The minimum atomic E-state index is -0.136. The zero-order valence-corrected chi connectivity index (χ0v) is 9.91. The summed E-state index contributed by atoms with van der Waals surface area (Å²) in [5, 5.41) is 3.42. The molecule has 2 unspecified atom stereocenters. The Morgan fingerprint density at radius 1 is 1.44 bits per heavy atom. The van der Waals surface area contributed by atoms with Crippen molar-refractivity contribution in [1.29, 1.82) is 0 Å². The largest absolute Gasteiger partial charge is 0.372 e. The van der Waals surface area contributed by atoms with Crippen LogP contribution in [0.25, 0.3) is 0 Å². The predicted molar refractivity (Wildman–Crippen MR) is 65.2 cm³/mol. The lowest BCUT2D eigenvalue weighted by Crippen LogP contribution is -2.32. The molecule has 1 aliphatic heterocycles. The molecule has 1 aromatic rings. The van der Waals surface area contributed by atoms with Gasteiger partial charge in [0.15, 0.2) is 0 Å². The minimum Gasteiger partial charge on any atom is -0.372 e. The smallest absolute Gasteiger partial charge is 0.146 e. The number of rotatable bonds is 3. The summed E-state index contributed by atoms with van der Waals surface area (Å²) in [6, 6.07) is 7.50. The van der Waals surface area contributed by atoms with Gasteiger partial charge in [0.2, 0.25) is 0 Å². The van der Waals surface area contributed by atoms with Crippen molar-refractivity contribution in [1.82, 2.24) is 5.32 Å². The van der Waals surface area contributed by atoms with Crippen LogP contribution in [0.4, 0.5) is 10.1 Å². The minimum absolute atomic E-state index is 0.136. The molecule has 2 atom stereocenters. The lowest BCUT2D eigenvalue weighted by molar-refractivity contribution is 0.475. The predicted octanol–water partition coefficient (Wildman–Crippen LogP) is 2.26. The molecule has 2 rings (SSSR count). The van der Waals surface area contributed by atoms with Crippen LogP contribution < -0.4 is 10.2 Å². The molecule has 1 saturated heterocycles. The van der Waals surface area contributed by atoms with Gasteiger partial charge >= 0.3 is 0 Å². The van der Waals surface area contributed by atoms with Gasteiger partial charge in [-0.15, -0.1) is 0 Å². The number of benzene rings is 1. The molecule has 0 aliphatic carbocycles. The standard InChI is InChI=1S/C13H19FN2/c1-10-11(7-8-15-10)9-16(2)13-6-4-3-5-12(13)14/h3-6,10-11,15H,7-9H2,1-2H3. The average Bonchev–Trinajstić information content (AvgIpc) is 2.65. The number of para-hydroxylation sites is 1. The number of hydrogen-bond donors (Lipinski definition) is 1. The van der Waals surface area contributed by atoms with Crippen molar-refractivity contribution >= 4 is 5.69 Å². The van der Waals surface area contributed by atoms with E-state index in [2.05, 4.69) is 12.2 Å². The van der Waals surface area contributed by atoms with Crippen LogP contribution in [0, 0.1) is 11.7 Å². The van der Waals surface area contributed by atoms with Crippen LogP contribution in [0.5, 0.6) is 0 Å². The van der Waals surface area contributed by atoms with Crippen LogP contribution in [0.1, 0.15) is 13.3 Å². The highest BCUT2D eigenvalue weighted by atomic mass is 19.1.